The van der Waals surface area contributed by atoms with Crippen LogP contribution in [0.4, 0.5) is 0 Å². The largest absolute Gasteiger partial charge is 0.372 e. The Bertz CT molecular complexity index is 61.1. The van der Waals surface area contributed by atoms with Crippen LogP contribution in [-0.4, -0.2) is 20.1 Å². The fraction of sp³-hybridized carbons (Fsp3) is 1.00. The zero-order valence-electron chi connectivity index (χ0n) is 8.16. The van der Waals surface area contributed by atoms with Gasteiger partial charge in [-0.05, 0) is 0 Å². The Morgan fingerprint density at radius 2 is 1.73 bits per heavy atom. The van der Waals surface area contributed by atoms with E-state index in [-0.39, 0.29) is 9.68 Å². The summed E-state index contributed by atoms with van der Waals surface area (Å²) in [5.41, 5.74) is 0. The number of unbranched alkanes of at least 4 members (excludes halogenated alkanes) is 5. The Morgan fingerprint density at radius 1 is 1.09 bits per heavy atom. The minimum atomic E-state index is 0.194. The molecule has 0 aromatic heterocycles. The lowest BCUT2D eigenvalue weighted by molar-refractivity contribution is 0.623. The van der Waals surface area contributed by atoms with Gasteiger partial charge in [0, 0.05) is 0 Å². The molecule has 68 valence electrons. The van der Waals surface area contributed by atoms with E-state index in [1.54, 1.807) is 0 Å². The Morgan fingerprint density at radius 3 is 2.36 bits per heavy atom. The highest BCUT2D eigenvalue weighted by atomic mass is 28.3. The number of hydrogen-bond donors (Lipinski definition) is 1. The summed E-state index contributed by atoms with van der Waals surface area (Å²) in [7, 11) is 1.41. The van der Waals surface area contributed by atoms with Crippen molar-refractivity contribution in [2.45, 2.75) is 51.5 Å². The molecule has 0 aromatic carbocycles. The topological polar surface area (TPSA) is 12.0 Å². The molecule has 0 heterocycles. The number of nitrogens with one attached hydrogen (secondary N) is 1. The number of hydrogen-bond acceptors (Lipinski definition) is 1. The van der Waals surface area contributed by atoms with Crippen LogP contribution >= 0.6 is 0 Å². The fourth-order valence-electron chi connectivity index (χ4n) is 1.26. The fourth-order valence-corrected chi connectivity index (χ4v) is 3.28. The van der Waals surface area contributed by atoms with Gasteiger partial charge >= 0.3 is 0 Å². The summed E-state index contributed by atoms with van der Waals surface area (Å²) >= 11 is 0. The molecule has 0 saturated carbocycles. The molecule has 0 rings (SSSR count). The van der Waals surface area contributed by atoms with Gasteiger partial charge in [-0.1, -0.05) is 51.5 Å². The minimum absolute atomic E-state index is 0.194. The molecule has 0 atom stereocenters. The van der Waals surface area contributed by atoms with Gasteiger partial charge in [0.1, 0.15) is 0 Å². The van der Waals surface area contributed by atoms with Crippen molar-refractivity contribution in [3.8, 4) is 0 Å². The van der Waals surface area contributed by atoms with Crippen molar-refractivity contribution in [2.75, 3.05) is 0 Å². The summed E-state index contributed by atoms with van der Waals surface area (Å²) in [6.45, 7) is 2.28. The Kier molecular flexibility index (Phi) is 10.8. The molecule has 0 saturated heterocycles. The van der Waals surface area contributed by atoms with Crippen molar-refractivity contribution in [1.82, 2.24) is 4.65 Å². The van der Waals surface area contributed by atoms with Gasteiger partial charge in [0.2, 0.25) is 0 Å². The van der Waals surface area contributed by atoms with Crippen molar-refractivity contribution < 1.29 is 0 Å². The average molecular weight is 189 g/mol. The van der Waals surface area contributed by atoms with Gasteiger partial charge in [0.05, 0.1) is 20.1 Å². The van der Waals surface area contributed by atoms with Crippen molar-refractivity contribution in [3.63, 3.8) is 0 Å². The van der Waals surface area contributed by atoms with Gasteiger partial charge in [-0.2, -0.15) is 0 Å². The molecule has 1 N–H and O–H groups in total. The predicted molar refractivity (Wildman–Crippen MR) is 59.8 cm³/mol. The summed E-state index contributed by atoms with van der Waals surface area (Å²) < 4.78 is 3.45. The van der Waals surface area contributed by atoms with Crippen molar-refractivity contribution >= 4 is 20.1 Å². The van der Waals surface area contributed by atoms with E-state index < -0.39 is 0 Å². The van der Waals surface area contributed by atoms with Crippen LogP contribution in [-0.2, 0) is 0 Å². The van der Waals surface area contributed by atoms with Gasteiger partial charge in [-0.3, -0.25) is 0 Å². The second kappa shape index (κ2) is 10.4. The maximum atomic E-state index is 3.45. The Balaban J connectivity index is 2.69. The maximum absolute atomic E-state index is 3.45. The van der Waals surface area contributed by atoms with Gasteiger partial charge in [0.15, 0.2) is 0 Å². The lowest BCUT2D eigenvalue weighted by Gasteiger charge is -1.99. The monoisotopic (exact) mass is 189 g/mol. The lowest BCUT2D eigenvalue weighted by Crippen LogP contribution is -2.13. The molecule has 0 spiro atoms. The lowest BCUT2D eigenvalue weighted by atomic mass is 10.1. The van der Waals surface area contributed by atoms with E-state index in [0.29, 0.717) is 0 Å². The highest BCUT2D eigenvalue weighted by Gasteiger charge is 1.89. The molecule has 0 aliphatic rings. The first-order valence-corrected chi connectivity index (χ1v) is 7.77. The van der Waals surface area contributed by atoms with Gasteiger partial charge < -0.3 is 4.65 Å². The highest BCUT2D eigenvalue weighted by molar-refractivity contribution is 6.41. The van der Waals surface area contributed by atoms with E-state index in [0.717, 1.165) is 0 Å². The average Bonchev–Trinajstić information content (AvgIpc) is 2.03. The normalized spacial score (nSPS) is 11.7. The van der Waals surface area contributed by atoms with E-state index in [9.17, 15) is 0 Å². The van der Waals surface area contributed by atoms with Crippen LogP contribution in [0.3, 0.4) is 0 Å². The Hall–Kier alpha value is 0.394. The summed E-state index contributed by atoms with van der Waals surface area (Å²) in [5, 5.41) is 0. The zero-order chi connectivity index (χ0) is 8.36. The van der Waals surface area contributed by atoms with Crippen LogP contribution in [0.15, 0.2) is 0 Å². The first kappa shape index (κ1) is 11.4. The molecule has 0 bridgehead atoms. The third kappa shape index (κ3) is 10.4. The summed E-state index contributed by atoms with van der Waals surface area (Å²) in [6, 6.07) is 1.52. The minimum Gasteiger partial charge on any atom is -0.372 e. The van der Waals surface area contributed by atoms with Crippen LogP contribution in [0.2, 0.25) is 6.04 Å². The van der Waals surface area contributed by atoms with E-state index >= 15 is 0 Å². The predicted octanol–water partition coefficient (Wildman–Crippen LogP) is 0.719. The summed E-state index contributed by atoms with van der Waals surface area (Å²) in [4.78, 5) is 0. The molecule has 0 amide bonds. The molecule has 1 nitrogen and oxygen atoms in total. The van der Waals surface area contributed by atoms with Gasteiger partial charge in [-0.25, -0.2) is 0 Å². The highest BCUT2D eigenvalue weighted by Crippen LogP contribution is 2.05. The molecule has 0 aliphatic carbocycles. The standard InChI is InChI=1S/C8H23NSi2/c1-2-3-4-5-6-7-8-11-9-10/h9H,2-8,11H2,1,10H3. The molecule has 3 heteroatoms. The first-order chi connectivity index (χ1) is 5.41. The molecule has 0 radical (unpaired) electrons. The SMILES string of the molecule is CCCCCCCC[SiH2]N[SiH3]. The third-order valence-electron chi connectivity index (χ3n) is 2.03. The first-order valence-electron chi connectivity index (χ1n) is 5.06. The van der Waals surface area contributed by atoms with Gasteiger partial charge in [0.25, 0.3) is 0 Å². The summed E-state index contributed by atoms with van der Waals surface area (Å²) in [5.74, 6) is 0. The Labute approximate surface area is 76.7 Å². The van der Waals surface area contributed by atoms with Crippen LogP contribution < -0.4 is 4.65 Å². The van der Waals surface area contributed by atoms with E-state index in [2.05, 4.69) is 11.6 Å². The number of rotatable bonds is 8. The third-order valence-corrected chi connectivity index (χ3v) is 4.88. The maximum Gasteiger partial charge on any atom is 0.0842 e. The van der Waals surface area contributed by atoms with E-state index in [1.165, 1.54) is 55.0 Å². The smallest absolute Gasteiger partial charge is 0.0842 e. The summed E-state index contributed by atoms with van der Waals surface area (Å²) in [6.07, 6.45) is 8.73. The molecule has 0 unspecified atom stereocenters. The van der Waals surface area contributed by atoms with Crippen molar-refractivity contribution in [2.24, 2.45) is 0 Å². The van der Waals surface area contributed by atoms with Crippen LogP contribution in [0.5, 0.6) is 0 Å². The molecule has 0 fully saturated rings. The molecule has 11 heavy (non-hydrogen) atoms. The molecule has 0 aliphatic heterocycles. The molecule has 0 aromatic rings. The van der Waals surface area contributed by atoms with Crippen LogP contribution in [0.25, 0.3) is 0 Å². The van der Waals surface area contributed by atoms with E-state index in [4.69, 9.17) is 0 Å². The van der Waals surface area contributed by atoms with E-state index in [1.807, 2.05) is 0 Å². The molecular weight excluding hydrogens is 166 g/mol. The van der Waals surface area contributed by atoms with Crippen LogP contribution in [0, 0.1) is 0 Å². The second-order valence-electron chi connectivity index (χ2n) is 3.22. The second-order valence-corrected chi connectivity index (χ2v) is 7.26. The molecular formula is C8H23NSi2. The zero-order valence-corrected chi connectivity index (χ0v) is 11.6. The van der Waals surface area contributed by atoms with Crippen LogP contribution in [0.1, 0.15) is 45.4 Å². The van der Waals surface area contributed by atoms with Crippen molar-refractivity contribution in [1.29, 1.82) is 0 Å². The quantitative estimate of drug-likeness (QED) is 0.438. The van der Waals surface area contributed by atoms with Crippen molar-refractivity contribution in [3.05, 3.63) is 0 Å². The van der Waals surface area contributed by atoms with Gasteiger partial charge in [-0.15, -0.1) is 0 Å².